The average molecular weight is 360 g/mol. The Bertz CT molecular complexity index is 749. The van der Waals surface area contributed by atoms with E-state index in [0.29, 0.717) is 23.3 Å². The summed E-state index contributed by atoms with van der Waals surface area (Å²) in [4.78, 5) is 0. The number of aromatic hydroxyl groups is 1. The van der Waals surface area contributed by atoms with Gasteiger partial charge in [-0.25, -0.2) is 4.39 Å². The molecule has 3 aliphatic rings. The summed E-state index contributed by atoms with van der Waals surface area (Å²) in [6.07, 6.45) is 4.42. The van der Waals surface area contributed by atoms with Gasteiger partial charge in [0.15, 0.2) is 0 Å². The topological polar surface area (TPSA) is 47.9 Å². The van der Waals surface area contributed by atoms with E-state index < -0.39 is 23.9 Å². The highest BCUT2D eigenvalue weighted by Crippen LogP contribution is 2.50. The predicted molar refractivity (Wildman–Crippen MR) is 98.7 cm³/mol. The predicted octanol–water partition coefficient (Wildman–Crippen LogP) is 4.80. The van der Waals surface area contributed by atoms with Gasteiger partial charge in [0.25, 0.3) is 0 Å². The Morgan fingerprint density at radius 3 is 2.31 bits per heavy atom. The molecule has 0 unspecified atom stereocenters. The second kappa shape index (κ2) is 5.73. The second-order valence-electron chi connectivity index (χ2n) is 8.76. The van der Waals surface area contributed by atoms with Gasteiger partial charge in [-0.15, -0.1) is 0 Å². The summed E-state index contributed by atoms with van der Waals surface area (Å²) < 4.78 is 33.7. The van der Waals surface area contributed by atoms with Gasteiger partial charge in [-0.05, 0) is 71.1 Å². The summed E-state index contributed by atoms with van der Waals surface area (Å²) in [5.41, 5.74) is -0.714. The van der Waals surface area contributed by atoms with Crippen molar-refractivity contribution in [3.8, 4) is 11.5 Å². The van der Waals surface area contributed by atoms with Gasteiger partial charge >= 0.3 is 7.12 Å². The van der Waals surface area contributed by atoms with Gasteiger partial charge < -0.3 is 19.2 Å². The maximum atomic E-state index is 15.6. The van der Waals surface area contributed by atoms with Crippen LogP contribution in [0.5, 0.6) is 11.5 Å². The first-order chi connectivity index (χ1) is 12.1. The fraction of sp³-hybridized carbons (Fsp3) is 0.600. The van der Waals surface area contributed by atoms with Gasteiger partial charge in [-0.3, -0.25) is 0 Å². The molecule has 1 saturated heterocycles. The van der Waals surface area contributed by atoms with Crippen molar-refractivity contribution in [1.82, 2.24) is 0 Å². The van der Waals surface area contributed by atoms with Crippen molar-refractivity contribution >= 4 is 12.7 Å². The lowest BCUT2D eigenvalue weighted by Crippen LogP contribution is -2.41. The molecular formula is C20H26BFO4. The maximum absolute atomic E-state index is 15.6. The fourth-order valence-electron chi connectivity index (χ4n) is 4.13. The third-order valence-electron chi connectivity index (χ3n) is 6.38. The molecule has 2 aliphatic heterocycles. The number of phenolic OH excluding ortho intramolecular Hbond substituents is 1. The van der Waals surface area contributed by atoms with E-state index >= 15 is 4.39 Å². The van der Waals surface area contributed by atoms with E-state index in [9.17, 15) is 5.11 Å². The van der Waals surface area contributed by atoms with Crippen LogP contribution in [0.3, 0.4) is 0 Å². The Labute approximate surface area is 154 Å². The number of fused-ring (bicyclic) bond motifs is 1. The minimum atomic E-state index is -1.02. The van der Waals surface area contributed by atoms with Crippen LogP contribution in [0.1, 0.15) is 65.4 Å². The van der Waals surface area contributed by atoms with Crippen molar-refractivity contribution in [2.75, 3.05) is 0 Å². The summed E-state index contributed by atoms with van der Waals surface area (Å²) in [7, 11) is -1.02. The van der Waals surface area contributed by atoms with Gasteiger partial charge in [-0.1, -0.05) is 0 Å². The standard InChI is InChI=1S/C20H26BFO4/c1-18(2)19(3,4)26-21(25-18)17(22)15-12-20(9-5-6-10-20)24-16-11-13(23)7-8-14(15)16/h7-8,11,23H,5-6,9-10,12H2,1-4H3. The van der Waals surface area contributed by atoms with Crippen LogP contribution in [0, 0.1) is 0 Å². The van der Waals surface area contributed by atoms with Crippen LogP contribution >= 0.6 is 0 Å². The van der Waals surface area contributed by atoms with Crippen LogP contribution in [-0.4, -0.2) is 29.0 Å². The molecule has 2 fully saturated rings. The second-order valence-corrected chi connectivity index (χ2v) is 8.76. The third kappa shape index (κ3) is 2.74. The van der Waals surface area contributed by atoms with Crippen molar-refractivity contribution in [1.29, 1.82) is 0 Å². The molecule has 1 aromatic rings. The van der Waals surface area contributed by atoms with Crippen molar-refractivity contribution in [2.24, 2.45) is 0 Å². The molecular weight excluding hydrogens is 334 g/mol. The zero-order chi connectivity index (χ0) is 18.7. The molecule has 26 heavy (non-hydrogen) atoms. The molecule has 1 N–H and O–H groups in total. The number of hydrogen-bond donors (Lipinski definition) is 1. The zero-order valence-electron chi connectivity index (χ0n) is 15.9. The molecule has 4 nitrogen and oxygen atoms in total. The molecule has 4 rings (SSSR count). The van der Waals surface area contributed by atoms with E-state index in [4.69, 9.17) is 14.0 Å². The van der Waals surface area contributed by atoms with Crippen LogP contribution < -0.4 is 4.74 Å². The monoisotopic (exact) mass is 360 g/mol. The summed E-state index contributed by atoms with van der Waals surface area (Å²) >= 11 is 0. The molecule has 2 heterocycles. The van der Waals surface area contributed by atoms with Crippen LogP contribution in [-0.2, 0) is 9.31 Å². The third-order valence-corrected chi connectivity index (χ3v) is 6.38. The van der Waals surface area contributed by atoms with E-state index in [1.165, 1.54) is 0 Å². The molecule has 0 radical (unpaired) electrons. The molecule has 0 amide bonds. The first-order valence-electron chi connectivity index (χ1n) is 9.39. The number of halogens is 1. The first-order valence-corrected chi connectivity index (χ1v) is 9.39. The molecule has 0 bridgehead atoms. The Morgan fingerprint density at radius 1 is 1.08 bits per heavy atom. The average Bonchev–Trinajstić information content (AvgIpc) is 3.07. The Kier molecular flexibility index (Phi) is 3.94. The SMILES string of the molecule is CC1(C)OB(C(F)=C2CC3(CCCC3)Oc3cc(O)ccc32)OC1(C)C. The molecule has 6 heteroatoms. The summed E-state index contributed by atoms with van der Waals surface area (Å²) in [6.45, 7) is 7.66. The van der Waals surface area contributed by atoms with Crippen LogP contribution in [0.2, 0.25) is 0 Å². The smallest absolute Gasteiger partial charge is 0.508 e. The number of ether oxygens (including phenoxy) is 1. The van der Waals surface area contributed by atoms with Gasteiger partial charge in [0, 0.05) is 18.1 Å². The minimum absolute atomic E-state index is 0.120. The highest BCUT2D eigenvalue weighted by molar-refractivity contribution is 6.55. The molecule has 0 atom stereocenters. The van der Waals surface area contributed by atoms with Gasteiger partial charge in [0.1, 0.15) is 22.8 Å². The van der Waals surface area contributed by atoms with E-state index in [1.807, 2.05) is 27.7 Å². The van der Waals surface area contributed by atoms with E-state index in [0.717, 1.165) is 25.7 Å². The Balaban J connectivity index is 1.78. The Hall–Kier alpha value is -1.53. The molecule has 1 spiro atoms. The quantitative estimate of drug-likeness (QED) is 0.731. The first kappa shape index (κ1) is 17.9. The maximum Gasteiger partial charge on any atom is 0.525 e. The van der Waals surface area contributed by atoms with E-state index in [1.54, 1.807) is 18.2 Å². The lowest BCUT2D eigenvalue weighted by atomic mass is 9.77. The van der Waals surface area contributed by atoms with Crippen LogP contribution in [0.4, 0.5) is 4.39 Å². The lowest BCUT2D eigenvalue weighted by molar-refractivity contribution is 0.00578. The highest BCUT2D eigenvalue weighted by Gasteiger charge is 2.54. The number of phenols is 1. The molecule has 1 aromatic carbocycles. The van der Waals surface area contributed by atoms with Crippen molar-refractivity contribution in [3.63, 3.8) is 0 Å². The Morgan fingerprint density at radius 2 is 1.69 bits per heavy atom. The van der Waals surface area contributed by atoms with Crippen molar-refractivity contribution in [2.45, 2.75) is 76.6 Å². The number of hydrogen-bond acceptors (Lipinski definition) is 4. The molecule has 1 saturated carbocycles. The van der Waals surface area contributed by atoms with Gasteiger partial charge in [0.05, 0.1) is 11.2 Å². The molecule has 0 aromatic heterocycles. The van der Waals surface area contributed by atoms with Crippen molar-refractivity contribution < 1.29 is 23.5 Å². The molecule has 1 aliphatic carbocycles. The van der Waals surface area contributed by atoms with Crippen LogP contribution in [0.15, 0.2) is 23.9 Å². The number of benzene rings is 1. The highest BCUT2D eigenvalue weighted by atomic mass is 19.1. The lowest BCUT2D eigenvalue weighted by Gasteiger charge is -2.37. The number of rotatable bonds is 1. The summed E-state index contributed by atoms with van der Waals surface area (Å²) in [5, 5.41) is 9.85. The van der Waals surface area contributed by atoms with E-state index in [2.05, 4.69) is 0 Å². The normalized spacial score (nSPS) is 27.3. The molecule has 140 valence electrons. The van der Waals surface area contributed by atoms with Crippen LogP contribution in [0.25, 0.3) is 5.57 Å². The minimum Gasteiger partial charge on any atom is -0.508 e. The van der Waals surface area contributed by atoms with Crippen molar-refractivity contribution in [3.05, 3.63) is 29.5 Å². The largest absolute Gasteiger partial charge is 0.525 e. The van der Waals surface area contributed by atoms with E-state index in [-0.39, 0.29) is 11.5 Å². The zero-order valence-corrected chi connectivity index (χ0v) is 15.9. The van der Waals surface area contributed by atoms with Gasteiger partial charge in [0.2, 0.25) is 0 Å². The fourth-order valence-corrected chi connectivity index (χ4v) is 4.13. The summed E-state index contributed by atoms with van der Waals surface area (Å²) in [6, 6.07) is 4.85. The van der Waals surface area contributed by atoms with Gasteiger partial charge in [-0.2, -0.15) is 0 Å². The summed E-state index contributed by atoms with van der Waals surface area (Å²) in [5.74, 6) is 0.661.